The molecule has 6 heteroatoms. The first kappa shape index (κ1) is 14.5. The highest BCUT2D eigenvalue weighted by atomic mass is 19.1. The number of anilines is 1. The van der Waals surface area contributed by atoms with Crippen molar-refractivity contribution in [2.75, 3.05) is 37.6 Å². The van der Waals surface area contributed by atoms with Gasteiger partial charge in [-0.3, -0.25) is 9.59 Å². The SMILES string of the molecule is CCN(C(=O)C(=O)N1CCNCC1)c1ccc(F)cc1. The Balaban J connectivity index is 2.12. The molecule has 0 aromatic heterocycles. The molecule has 0 saturated carbocycles. The van der Waals surface area contributed by atoms with Gasteiger partial charge in [-0.25, -0.2) is 4.39 Å². The quantitative estimate of drug-likeness (QED) is 0.807. The first-order valence-electron chi connectivity index (χ1n) is 6.70. The lowest BCUT2D eigenvalue weighted by Gasteiger charge is -2.29. The van der Waals surface area contributed by atoms with Gasteiger partial charge < -0.3 is 15.1 Å². The van der Waals surface area contributed by atoms with E-state index in [1.54, 1.807) is 11.8 Å². The smallest absolute Gasteiger partial charge is 0.316 e. The van der Waals surface area contributed by atoms with E-state index in [1.807, 2.05) is 0 Å². The van der Waals surface area contributed by atoms with Crippen molar-refractivity contribution in [3.8, 4) is 0 Å². The predicted molar refractivity (Wildman–Crippen MR) is 73.9 cm³/mol. The maximum Gasteiger partial charge on any atom is 0.316 e. The van der Waals surface area contributed by atoms with Crippen molar-refractivity contribution in [2.45, 2.75) is 6.92 Å². The maximum absolute atomic E-state index is 12.9. The molecule has 0 unspecified atom stereocenters. The molecule has 1 aromatic carbocycles. The maximum atomic E-state index is 12.9. The molecule has 20 heavy (non-hydrogen) atoms. The largest absolute Gasteiger partial charge is 0.332 e. The molecule has 0 spiro atoms. The average molecular weight is 279 g/mol. The van der Waals surface area contributed by atoms with Gasteiger partial charge in [-0.05, 0) is 31.2 Å². The summed E-state index contributed by atoms with van der Waals surface area (Å²) >= 11 is 0. The molecule has 0 bridgehead atoms. The number of benzene rings is 1. The molecule has 2 amide bonds. The molecule has 108 valence electrons. The van der Waals surface area contributed by atoms with E-state index >= 15 is 0 Å². The molecule has 1 saturated heterocycles. The van der Waals surface area contributed by atoms with Gasteiger partial charge in [-0.1, -0.05) is 0 Å². The van der Waals surface area contributed by atoms with Gasteiger partial charge in [0, 0.05) is 38.4 Å². The minimum atomic E-state index is -0.569. The van der Waals surface area contributed by atoms with Crippen LogP contribution in [-0.4, -0.2) is 49.4 Å². The Bertz CT molecular complexity index is 484. The number of carbonyl (C=O) groups is 2. The zero-order valence-electron chi connectivity index (χ0n) is 11.4. The van der Waals surface area contributed by atoms with Crippen LogP contribution in [0.25, 0.3) is 0 Å². The van der Waals surface area contributed by atoms with Crippen LogP contribution in [0.1, 0.15) is 6.92 Å². The van der Waals surface area contributed by atoms with Gasteiger partial charge in [0.2, 0.25) is 0 Å². The fourth-order valence-electron chi connectivity index (χ4n) is 2.18. The van der Waals surface area contributed by atoms with Crippen molar-refractivity contribution in [3.05, 3.63) is 30.1 Å². The fourth-order valence-corrected chi connectivity index (χ4v) is 2.18. The van der Waals surface area contributed by atoms with Crippen molar-refractivity contribution in [3.63, 3.8) is 0 Å². The van der Waals surface area contributed by atoms with E-state index in [1.165, 1.54) is 29.2 Å². The Kier molecular flexibility index (Phi) is 4.68. The van der Waals surface area contributed by atoms with Crippen molar-refractivity contribution in [1.29, 1.82) is 0 Å². The minimum Gasteiger partial charge on any atom is -0.332 e. The highest BCUT2D eigenvalue weighted by Crippen LogP contribution is 2.15. The Morgan fingerprint density at radius 1 is 1.25 bits per heavy atom. The van der Waals surface area contributed by atoms with Crippen LogP contribution in [0, 0.1) is 5.82 Å². The Morgan fingerprint density at radius 2 is 1.85 bits per heavy atom. The van der Waals surface area contributed by atoms with Crippen LogP contribution < -0.4 is 10.2 Å². The van der Waals surface area contributed by atoms with E-state index in [4.69, 9.17) is 0 Å². The fraction of sp³-hybridized carbons (Fsp3) is 0.429. The number of amides is 2. The van der Waals surface area contributed by atoms with Gasteiger partial charge in [0.15, 0.2) is 0 Å². The molecule has 5 nitrogen and oxygen atoms in total. The van der Waals surface area contributed by atoms with E-state index in [9.17, 15) is 14.0 Å². The lowest BCUT2D eigenvalue weighted by atomic mass is 10.2. The molecule has 1 fully saturated rings. The average Bonchev–Trinajstić information content (AvgIpc) is 2.50. The zero-order valence-corrected chi connectivity index (χ0v) is 11.4. The van der Waals surface area contributed by atoms with Gasteiger partial charge in [0.25, 0.3) is 0 Å². The Hall–Kier alpha value is -1.95. The van der Waals surface area contributed by atoms with Crippen LogP contribution in [0.5, 0.6) is 0 Å². The monoisotopic (exact) mass is 279 g/mol. The molecule has 1 aliphatic rings. The van der Waals surface area contributed by atoms with E-state index < -0.39 is 11.8 Å². The third-order valence-electron chi connectivity index (χ3n) is 3.29. The summed E-state index contributed by atoms with van der Waals surface area (Å²) in [6, 6.07) is 5.56. The van der Waals surface area contributed by atoms with Crippen LogP contribution in [0.2, 0.25) is 0 Å². The lowest BCUT2D eigenvalue weighted by Crippen LogP contribution is -2.52. The van der Waals surface area contributed by atoms with Crippen LogP contribution in [0.3, 0.4) is 0 Å². The number of carbonyl (C=O) groups excluding carboxylic acids is 2. The summed E-state index contributed by atoms with van der Waals surface area (Å²) in [4.78, 5) is 27.4. The highest BCUT2D eigenvalue weighted by Gasteiger charge is 2.27. The predicted octanol–water partition coefficient (Wildman–Crippen LogP) is 0.610. The summed E-state index contributed by atoms with van der Waals surface area (Å²) in [7, 11) is 0. The normalized spacial score (nSPS) is 15.0. The summed E-state index contributed by atoms with van der Waals surface area (Å²) in [6.45, 7) is 4.61. The first-order chi connectivity index (χ1) is 9.63. The van der Waals surface area contributed by atoms with E-state index in [0.29, 0.717) is 38.4 Å². The second kappa shape index (κ2) is 6.47. The van der Waals surface area contributed by atoms with Crippen LogP contribution in [0.4, 0.5) is 10.1 Å². The van der Waals surface area contributed by atoms with Gasteiger partial charge in [0.05, 0.1) is 0 Å². The summed E-state index contributed by atoms with van der Waals surface area (Å²) in [6.07, 6.45) is 0. The third-order valence-corrected chi connectivity index (χ3v) is 3.29. The summed E-state index contributed by atoms with van der Waals surface area (Å²) in [5.41, 5.74) is 0.530. The number of nitrogens with one attached hydrogen (secondary N) is 1. The molecule has 2 rings (SSSR count). The number of rotatable bonds is 2. The highest BCUT2D eigenvalue weighted by molar-refractivity contribution is 6.40. The second-order valence-corrected chi connectivity index (χ2v) is 4.57. The second-order valence-electron chi connectivity index (χ2n) is 4.57. The molecule has 1 aromatic rings. The molecule has 0 atom stereocenters. The Morgan fingerprint density at radius 3 is 2.40 bits per heavy atom. The van der Waals surface area contributed by atoms with Crippen molar-refractivity contribution < 1.29 is 14.0 Å². The number of hydrogen-bond acceptors (Lipinski definition) is 3. The van der Waals surface area contributed by atoms with E-state index in [-0.39, 0.29) is 5.82 Å². The molecule has 0 aliphatic carbocycles. The zero-order chi connectivity index (χ0) is 14.5. The summed E-state index contributed by atoms with van der Waals surface area (Å²) in [5, 5.41) is 3.13. The van der Waals surface area contributed by atoms with Crippen LogP contribution >= 0.6 is 0 Å². The number of hydrogen-bond donors (Lipinski definition) is 1. The van der Waals surface area contributed by atoms with Crippen molar-refractivity contribution in [2.24, 2.45) is 0 Å². The molecule has 1 aliphatic heterocycles. The van der Waals surface area contributed by atoms with Crippen molar-refractivity contribution >= 4 is 17.5 Å². The van der Waals surface area contributed by atoms with E-state index in [2.05, 4.69) is 5.32 Å². The molecule has 0 radical (unpaired) electrons. The molecular formula is C14H18FN3O2. The van der Waals surface area contributed by atoms with Crippen molar-refractivity contribution in [1.82, 2.24) is 10.2 Å². The van der Waals surface area contributed by atoms with Gasteiger partial charge in [0.1, 0.15) is 5.82 Å². The Labute approximate surface area is 117 Å². The van der Waals surface area contributed by atoms with Gasteiger partial charge >= 0.3 is 11.8 Å². The molecular weight excluding hydrogens is 261 g/mol. The first-order valence-corrected chi connectivity index (χ1v) is 6.70. The number of likely N-dealkylation sites (N-methyl/N-ethyl adjacent to an activating group) is 1. The minimum absolute atomic E-state index is 0.363. The van der Waals surface area contributed by atoms with Crippen LogP contribution in [-0.2, 0) is 9.59 Å². The number of nitrogens with zero attached hydrogens (tertiary/aromatic N) is 2. The van der Waals surface area contributed by atoms with Crippen LogP contribution in [0.15, 0.2) is 24.3 Å². The number of halogens is 1. The van der Waals surface area contributed by atoms with Gasteiger partial charge in [-0.2, -0.15) is 0 Å². The third kappa shape index (κ3) is 3.14. The number of piperazine rings is 1. The standard InChI is InChI=1S/C14H18FN3O2/c1-2-18(12-5-3-11(15)4-6-12)14(20)13(19)17-9-7-16-8-10-17/h3-6,16H,2,7-10H2,1H3. The topological polar surface area (TPSA) is 52.7 Å². The molecule has 1 N–H and O–H groups in total. The lowest BCUT2D eigenvalue weighted by molar-refractivity contribution is -0.144. The summed E-state index contributed by atoms with van der Waals surface area (Å²) < 4.78 is 12.9. The van der Waals surface area contributed by atoms with E-state index in [0.717, 1.165) is 0 Å². The molecule has 1 heterocycles. The van der Waals surface area contributed by atoms with Gasteiger partial charge in [-0.15, -0.1) is 0 Å². The summed E-state index contributed by atoms with van der Waals surface area (Å²) in [5.74, 6) is -1.44.